The van der Waals surface area contributed by atoms with Crippen LogP contribution in [0.2, 0.25) is 30.1 Å². The minimum absolute atomic E-state index is 0. The number of hydrogen-bond donors (Lipinski definition) is 0. The van der Waals surface area contributed by atoms with Gasteiger partial charge in [-0.05, 0) is 72.8 Å². The molecule has 0 aliphatic rings. The third-order valence-corrected chi connectivity index (χ3v) is 6.65. The fourth-order valence-corrected chi connectivity index (χ4v) is 4.41. The van der Waals surface area contributed by atoms with Gasteiger partial charge in [0.15, 0.2) is 0 Å². The number of hydrogen-bond acceptors (Lipinski definition) is 3. The second-order valence-electron chi connectivity index (χ2n) is 7.36. The Balaban J connectivity index is 0.000000282. The number of fused-ring (bicyclic) bond motifs is 3. The summed E-state index contributed by atoms with van der Waals surface area (Å²) in [5.41, 5.74) is 2.49. The first-order valence-electron chi connectivity index (χ1n) is 10.4. The Morgan fingerprint density at radius 3 is 0.872 bits per heavy atom. The summed E-state index contributed by atoms with van der Waals surface area (Å²) >= 11 is 35.1. The van der Waals surface area contributed by atoms with Crippen LogP contribution < -0.4 is 0 Å². The van der Waals surface area contributed by atoms with E-state index in [9.17, 15) is 0 Å². The molecule has 0 saturated carbocycles. The summed E-state index contributed by atoms with van der Waals surface area (Å²) in [7, 11) is 0. The van der Waals surface area contributed by atoms with E-state index in [0.717, 1.165) is 32.7 Å². The Labute approximate surface area is 287 Å². The van der Waals surface area contributed by atoms with E-state index in [4.69, 9.17) is 69.6 Å². The van der Waals surface area contributed by atoms with Gasteiger partial charge >= 0.3 is 0 Å². The van der Waals surface area contributed by atoms with Gasteiger partial charge in [-0.15, -0.1) is 50.9 Å². The van der Waals surface area contributed by atoms with Gasteiger partial charge in [0.05, 0.1) is 31.6 Å². The molecule has 6 aromatic rings. The van der Waals surface area contributed by atoms with Gasteiger partial charge in [0, 0.05) is 49.8 Å². The summed E-state index contributed by atoms with van der Waals surface area (Å²) in [4.78, 5) is 12.4. The molecule has 3 aromatic carbocycles. The standard InChI is InChI=1S/3C9H5Cl2N.3BrH/c3*10-6-1-2-7-8(11)3-4-12-9(7)5-6;;;/h3*1-5H;3*1H. The molecule has 0 aliphatic heterocycles. The van der Waals surface area contributed by atoms with E-state index in [0.29, 0.717) is 30.1 Å². The van der Waals surface area contributed by atoms with Crippen LogP contribution in [0.5, 0.6) is 0 Å². The average molecular weight is 837 g/mol. The van der Waals surface area contributed by atoms with Gasteiger partial charge in [-0.25, -0.2) is 0 Å². The second kappa shape index (κ2) is 17.1. The molecule has 6 rings (SSSR count). The quantitative estimate of drug-likeness (QED) is 0.153. The van der Waals surface area contributed by atoms with Crippen LogP contribution in [-0.4, -0.2) is 15.0 Å². The fraction of sp³-hybridized carbons (Fsp3) is 0. The predicted octanol–water partition coefficient (Wildman–Crippen LogP) is 12.4. The van der Waals surface area contributed by atoms with Crippen LogP contribution in [0.25, 0.3) is 32.7 Å². The molecule has 0 saturated heterocycles. The van der Waals surface area contributed by atoms with Crippen LogP contribution >= 0.6 is 121 Å². The van der Waals surface area contributed by atoms with E-state index in [1.54, 1.807) is 73.2 Å². The first kappa shape index (κ1) is 36.1. The Morgan fingerprint density at radius 2 is 0.615 bits per heavy atom. The van der Waals surface area contributed by atoms with Crippen molar-refractivity contribution in [2.75, 3.05) is 0 Å². The summed E-state index contributed by atoms with van der Waals surface area (Å²) in [5, 5.41) is 6.95. The number of benzene rings is 3. The van der Waals surface area contributed by atoms with Gasteiger partial charge < -0.3 is 0 Å². The highest BCUT2D eigenvalue weighted by molar-refractivity contribution is 8.93. The van der Waals surface area contributed by atoms with Crippen molar-refractivity contribution in [1.29, 1.82) is 0 Å². The molecule has 0 spiro atoms. The monoisotopic (exact) mass is 831 g/mol. The van der Waals surface area contributed by atoms with Gasteiger partial charge in [-0.2, -0.15) is 0 Å². The molecule has 0 N–H and O–H groups in total. The molecule has 39 heavy (non-hydrogen) atoms. The molecule has 0 aliphatic carbocycles. The largest absolute Gasteiger partial charge is 0.256 e. The van der Waals surface area contributed by atoms with Gasteiger partial charge in [-0.3, -0.25) is 15.0 Å². The highest BCUT2D eigenvalue weighted by Crippen LogP contribution is 2.25. The van der Waals surface area contributed by atoms with Crippen LogP contribution in [0, 0.1) is 0 Å². The number of nitrogens with zero attached hydrogens (tertiary/aromatic N) is 3. The lowest BCUT2D eigenvalue weighted by molar-refractivity contribution is 1.41. The van der Waals surface area contributed by atoms with E-state index in [1.165, 1.54) is 0 Å². The number of pyridine rings is 3. The predicted molar refractivity (Wildman–Crippen MR) is 186 cm³/mol. The lowest BCUT2D eigenvalue weighted by Gasteiger charge is -1.98. The summed E-state index contributed by atoms with van der Waals surface area (Å²) in [6.45, 7) is 0. The number of halogens is 9. The lowest BCUT2D eigenvalue weighted by Crippen LogP contribution is -1.78. The third-order valence-electron chi connectivity index (χ3n) is 4.95. The number of aromatic nitrogens is 3. The van der Waals surface area contributed by atoms with Crippen molar-refractivity contribution in [3.8, 4) is 0 Å². The zero-order chi connectivity index (χ0) is 25.7. The van der Waals surface area contributed by atoms with Gasteiger partial charge in [-0.1, -0.05) is 69.6 Å². The molecule has 3 aromatic heterocycles. The Bertz CT molecular complexity index is 1490. The first-order chi connectivity index (χ1) is 17.3. The van der Waals surface area contributed by atoms with Gasteiger partial charge in [0.1, 0.15) is 0 Å². The van der Waals surface area contributed by atoms with Gasteiger partial charge in [0.25, 0.3) is 0 Å². The van der Waals surface area contributed by atoms with Crippen LogP contribution in [0.3, 0.4) is 0 Å². The smallest absolute Gasteiger partial charge is 0.0731 e. The van der Waals surface area contributed by atoms with Crippen LogP contribution in [0.15, 0.2) is 91.4 Å². The van der Waals surface area contributed by atoms with Gasteiger partial charge in [0.2, 0.25) is 0 Å². The van der Waals surface area contributed by atoms with Crippen LogP contribution in [0.4, 0.5) is 0 Å². The van der Waals surface area contributed by atoms with Crippen LogP contribution in [0.1, 0.15) is 0 Å². The topological polar surface area (TPSA) is 38.7 Å². The Kier molecular flexibility index (Phi) is 15.8. The summed E-state index contributed by atoms with van der Waals surface area (Å²) < 4.78 is 0. The van der Waals surface area contributed by atoms with E-state index in [-0.39, 0.29) is 50.9 Å². The average Bonchev–Trinajstić information content (AvgIpc) is 2.85. The summed E-state index contributed by atoms with van der Waals surface area (Å²) in [5.74, 6) is 0. The SMILES string of the molecule is Br.Br.Br.Clc1ccc2c(Cl)ccnc2c1.Clc1ccc2c(Cl)ccnc2c1.Clc1ccc2c(Cl)ccnc2c1. The van der Waals surface area contributed by atoms with Crippen molar-refractivity contribution in [3.05, 3.63) is 122 Å². The zero-order valence-corrected chi connectivity index (χ0v) is 29.2. The minimum Gasteiger partial charge on any atom is -0.256 e. The van der Waals surface area contributed by atoms with Crippen molar-refractivity contribution < 1.29 is 0 Å². The Hall–Kier alpha value is -0.930. The van der Waals surface area contributed by atoms with E-state index >= 15 is 0 Å². The third kappa shape index (κ3) is 9.84. The molecule has 0 fully saturated rings. The number of rotatable bonds is 0. The van der Waals surface area contributed by atoms with Crippen LogP contribution in [-0.2, 0) is 0 Å². The zero-order valence-electron chi connectivity index (χ0n) is 19.5. The van der Waals surface area contributed by atoms with Crippen molar-refractivity contribution in [2.45, 2.75) is 0 Å². The highest BCUT2D eigenvalue weighted by Gasteiger charge is 2.00. The summed E-state index contributed by atoms with van der Waals surface area (Å²) in [6.07, 6.45) is 5.00. The maximum Gasteiger partial charge on any atom is 0.0731 e. The molecule has 12 heteroatoms. The second-order valence-corrected chi connectivity index (χ2v) is 9.89. The van der Waals surface area contributed by atoms with E-state index in [1.807, 2.05) is 18.2 Å². The molecule has 0 radical (unpaired) electrons. The molecule has 204 valence electrons. The van der Waals surface area contributed by atoms with Crippen molar-refractivity contribution in [1.82, 2.24) is 15.0 Å². The molecular formula is C27H18Br3Cl6N3. The van der Waals surface area contributed by atoms with Crippen molar-refractivity contribution in [2.24, 2.45) is 0 Å². The molecule has 0 amide bonds. The molecule has 3 heterocycles. The summed E-state index contributed by atoms with van der Waals surface area (Å²) in [6, 6.07) is 21.7. The lowest BCUT2D eigenvalue weighted by atomic mass is 10.2. The molecular weight excluding hydrogens is 819 g/mol. The molecule has 0 bridgehead atoms. The highest BCUT2D eigenvalue weighted by atomic mass is 79.9. The minimum atomic E-state index is 0. The molecule has 0 atom stereocenters. The normalized spacial score (nSPS) is 9.69. The van der Waals surface area contributed by atoms with E-state index in [2.05, 4.69) is 15.0 Å². The maximum absolute atomic E-state index is 5.93. The maximum atomic E-state index is 5.93. The first-order valence-corrected chi connectivity index (χ1v) is 12.7. The van der Waals surface area contributed by atoms with Crippen molar-refractivity contribution >= 4 is 153 Å². The van der Waals surface area contributed by atoms with Crippen molar-refractivity contribution in [3.63, 3.8) is 0 Å². The molecule has 3 nitrogen and oxygen atoms in total. The Morgan fingerprint density at radius 1 is 0.359 bits per heavy atom. The van der Waals surface area contributed by atoms with E-state index < -0.39 is 0 Å². The molecule has 0 unspecified atom stereocenters. The fourth-order valence-electron chi connectivity index (χ4n) is 3.26.